The normalized spacial score (nSPS) is 16.0. The van der Waals surface area contributed by atoms with Crippen molar-refractivity contribution in [2.75, 3.05) is 16.8 Å². The Balaban J connectivity index is 1.93. The molecule has 1 unspecified atom stereocenters. The SMILES string of the molecule is C=CCN(C(=O)c1ccc2c(c1)NC(=O)C(C)S2)c1ccccc1. The van der Waals surface area contributed by atoms with E-state index in [9.17, 15) is 9.59 Å². The van der Waals surface area contributed by atoms with Crippen molar-refractivity contribution in [2.24, 2.45) is 0 Å². The number of fused-ring (bicyclic) bond motifs is 1. The second-order valence-corrected chi connectivity index (χ2v) is 6.88. The van der Waals surface area contributed by atoms with Crippen LogP contribution in [0.2, 0.25) is 0 Å². The van der Waals surface area contributed by atoms with Crippen LogP contribution in [0.4, 0.5) is 11.4 Å². The van der Waals surface area contributed by atoms with E-state index >= 15 is 0 Å². The predicted octanol–water partition coefficient (Wildman–Crippen LogP) is 3.95. The van der Waals surface area contributed by atoms with Crippen molar-refractivity contribution in [1.82, 2.24) is 0 Å². The molecule has 1 atom stereocenters. The second kappa shape index (κ2) is 6.93. The van der Waals surface area contributed by atoms with Crippen molar-refractivity contribution < 1.29 is 9.59 Å². The first-order chi connectivity index (χ1) is 11.6. The topological polar surface area (TPSA) is 49.4 Å². The standard InChI is InChI=1S/C19H18N2O2S/c1-3-11-21(15-7-5-4-6-8-15)19(23)14-9-10-17-16(12-14)20-18(22)13(2)24-17/h3-10,12-13H,1,11H2,2H3,(H,20,22). The van der Waals surface area contributed by atoms with Crippen LogP contribution >= 0.6 is 11.8 Å². The molecule has 0 spiro atoms. The van der Waals surface area contributed by atoms with Crippen LogP contribution in [0.15, 0.2) is 66.1 Å². The van der Waals surface area contributed by atoms with Gasteiger partial charge in [-0.1, -0.05) is 24.3 Å². The molecule has 122 valence electrons. The van der Waals surface area contributed by atoms with Gasteiger partial charge in [-0.05, 0) is 37.3 Å². The molecule has 1 heterocycles. The molecule has 3 rings (SSSR count). The highest BCUT2D eigenvalue weighted by molar-refractivity contribution is 8.00. The monoisotopic (exact) mass is 338 g/mol. The summed E-state index contributed by atoms with van der Waals surface area (Å²) in [5.74, 6) is -0.162. The minimum Gasteiger partial charge on any atom is -0.324 e. The zero-order valence-corrected chi connectivity index (χ0v) is 14.2. The molecule has 2 aromatic rings. The maximum absolute atomic E-state index is 12.9. The van der Waals surface area contributed by atoms with Gasteiger partial charge in [0.05, 0.1) is 10.9 Å². The number of carbonyl (C=O) groups excluding carboxylic acids is 2. The first-order valence-corrected chi connectivity index (χ1v) is 8.57. The summed E-state index contributed by atoms with van der Waals surface area (Å²) >= 11 is 1.50. The van der Waals surface area contributed by atoms with Gasteiger partial charge in [0, 0.05) is 22.7 Å². The minimum absolute atomic E-state index is 0.0388. The van der Waals surface area contributed by atoms with E-state index in [0.717, 1.165) is 10.6 Å². The molecule has 1 N–H and O–H groups in total. The Morgan fingerprint density at radius 1 is 1.29 bits per heavy atom. The molecule has 2 amide bonds. The Morgan fingerprint density at radius 2 is 2.04 bits per heavy atom. The zero-order chi connectivity index (χ0) is 17.1. The van der Waals surface area contributed by atoms with Gasteiger partial charge in [-0.25, -0.2) is 0 Å². The minimum atomic E-state index is -0.124. The zero-order valence-electron chi connectivity index (χ0n) is 13.4. The van der Waals surface area contributed by atoms with E-state index in [1.54, 1.807) is 23.1 Å². The number of benzene rings is 2. The third-order valence-electron chi connectivity index (χ3n) is 3.78. The van der Waals surface area contributed by atoms with E-state index in [1.807, 2.05) is 43.3 Å². The average Bonchev–Trinajstić information content (AvgIpc) is 2.60. The summed E-state index contributed by atoms with van der Waals surface area (Å²) in [6.45, 7) is 6.02. The maximum Gasteiger partial charge on any atom is 0.258 e. The maximum atomic E-state index is 12.9. The molecule has 2 aromatic carbocycles. The van der Waals surface area contributed by atoms with Gasteiger partial charge in [-0.2, -0.15) is 0 Å². The summed E-state index contributed by atoms with van der Waals surface area (Å²) < 4.78 is 0. The van der Waals surface area contributed by atoms with E-state index < -0.39 is 0 Å². The van der Waals surface area contributed by atoms with Gasteiger partial charge in [-0.15, -0.1) is 18.3 Å². The number of nitrogens with zero attached hydrogens (tertiary/aromatic N) is 1. The number of rotatable bonds is 4. The summed E-state index contributed by atoms with van der Waals surface area (Å²) in [7, 11) is 0. The van der Waals surface area contributed by atoms with Crippen molar-refractivity contribution in [1.29, 1.82) is 0 Å². The fourth-order valence-electron chi connectivity index (χ4n) is 2.54. The van der Waals surface area contributed by atoms with E-state index in [1.165, 1.54) is 11.8 Å². The van der Waals surface area contributed by atoms with E-state index in [0.29, 0.717) is 17.8 Å². The van der Waals surface area contributed by atoms with Crippen LogP contribution in [-0.4, -0.2) is 23.6 Å². The van der Waals surface area contributed by atoms with Gasteiger partial charge >= 0.3 is 0 Å². The second-order valence-electron chi connectivity index (χ2n) is 5.50. The number of hydrogen-bond donors (Lipinski definition) is 1. The molecule has 0 bridgehead atoms. The summed E-state index contributed by atoms with van der Waals surface area (Å²) in [5, 5.41) is 2.74. The average molecular weight is 338 g/mol. The molecule has 5 heteroatoms. The van der Waals surface area contributed by atoms with Gasteiger partial charge in [0.1, 0.15) is 0 Å². The Labute approximate surface area is 145 Å². The van der Waals surface area contributed by atoms with Crippen LogP contribution in [-0.2, 0) is 4.79 Å². The van der Waals surface area contributed by atoms with Crippen molar-refractivity contribution >= 4 is 35.0 Å². The molecule has 0 saturated heterocycles. The third-order valence-corrected chi connectivity index (χ3v) is 4.96. The molecule has 0 aromatic heterocycles. The van der Waals surface area contributed by atoms with Crippen molar-refractivity contribution in [3.8, 4) is 0 Å². The highest BCUT2D eigenvalue weighted by atomic mass is 32.2. The van der Waals surface area contributed by atoms with Gasteiger partial charge in [0.25, 0.3) is 5.91 Å². The van der Waals surface area contributed by atoms with Gasteiger partial charge in [-0.3, -0.25) is 9.59 Å². The number of anilines is 2. The van der Waals surface area contributed by atoms with Crippen LogP contribution in [0.3, 0.4) is 0 Å². The number of amides is 2. The molecule has 0 aliphatic carbocycles. The molecular weight excluding hydrogens is 320 g/mol. The summed E-state index contributed by atoms with van der Waals surface area (Å²) in [4.78, 5) is 27.4. The predicted molar refractivity (Wildman–Crippen MR) is 98.7 cm³/mol. The lowest BCUT2D eigenvalue weighted by molar-refractivity contribution is -0.115. The number of para-hydroxylation sites is 1. The van der Waals surface area contributed by atoms with Gasteiger partial charge in [0.15, 0.2) is 0 Å². The number of carbonyl (C=O) groups is 2. The quantitative estimate of drug-likeness (QED) is 0.859. The molecular formula is C19H18N2O2S. The molecule has 0 fully saturated rings. The van der Waals surface area contributed by atoms with E-state index in [-0.39, 0.29) is 17.1 Å². The Kier molecular flexibility index (Phi) is 4.71. The molecule has 0 radical (unpaired) electrons. The Morgan fingerprint density at radius 3 is 2.75 bits per heavy atom. The van der Waals surface area contributed by atoms with Gasteiger partial charge < -0.3 is 10.2 Å². The van der Waals surface area contributed by atoms with Crippen LogP contribution in [0, 0.1) is 0 Å². The van der Waals surface area contributed by atoms with Crippen molar-refractivity contribution in [3.05, 3.63) is 66.7 Å². The third kappa shape index (κ3) is 3.21. The van der Waals surface area contributed by atoms with Crippen LogP contribution in [0.5, 0.6) is 0 Å². The van der Waals surface area contributed by atoms with Crippen LogP contribution in [0.1, 0.15) is 17.3 Å². The fourth-order valence-corrected chi connectivity index (χ4v) is 3.47. The van der Waals surface area contributed by atoms with Gasteiger partial charge in [0.2, 0.25) is 5.91 Å². The number of hydrogen-bond acceptors (Lipinski definition) is 3. The summed E-state index contributed by atoms with van der Waals surface area (Å²) in [6.07, 6.45) is 1.70. The van der Waals surface area contributed by atoms with Crippen LogP contribution < -0.4 is 10.2 Å². The highest BCUT2D eigenvalue weighted by Gasteiger charge is 2.25. The number of thioether (sulfide) groups is 1. The van der Waals surface area contributed by atoms with Crippen molar-refractivity contribution in [2.45, 2.75) is 17.1 Å². The molecule has 1 aliphatic rings. The molecule has 24 heavy (non-hydrogen) atoms. The lowest BCUT2D eigenvalue weighted by atomic mass is 10.1. The summed E-state index contributed by atoms with van der Waals surface area (Å²) in [5.41, 5.74) is 2.04. The first-order valence-electron chi connectivity index (χ1n) is 7.69. The lowest BCUT2D eigenvalue weighted by Gasteiger charge is -2.24. The largest absolute Gasteiger partial charge is 0.324 e. The Bertz CT molecular complexity index is 789. The van der Waals surface area contributed by atoms with E-state index in [4.69, 9.17) is 0 Å². The fraction of sp³-hybridized carbons (Fsp3) is 0.158. The molecule has 1 aliphatic heterocycles. The molecule has 4 nitrogen and oxygen atoms in total. The van der Waals surface area contributed by atoms with Crippen molar-refractivity contribution in [3.63, 3.8) is 0 Å². The number of nitrogens with one attached hydrogen (secondary N) is 1. The smallest absolute Gasteiger partial charge is 0.258 e. The highest BCUT2D eigenvalue weighted by Crippen LogP contribution is 2.36. The summed E-state index contributed by atoms with van der Waals surface area (Å²) in [6, 6.07) is 14.9. The van der Waals surface area contributed by atoms with E-state index in [2.05, 4.69) is 11.9 Å². The lowest BCUT2D eigenvalue weighted by Crippen LogP contribution is -2.31. The molecule has 0 saturated carbocycles. The Hall–Kier alpha value is -2.53. The van der Waals surface area contributed by atoms with Crippen LogP contribution in [0.25, 0.3) is 0 Å². The first kappa shape index (κ1) is 16.3.